The molecule has 174 valence electrons. The van der Waals surface area contributed by atoms with Gasteiger partial charge in [0, 0.05) is 18.6 Å². The van der Waals surface area contributed by atoms with Crippen molar-refractivity contribution in [2.45, 2.75) is 76.5 Å². The van der Waals surface area contributed by atoms with E-state index < -0.39 is 5.54 Å². The Bertz CT molecular complexity index is 1060. The number of fused-ring (bicyclic) bond motifs is 3. The molecule has 1 saturated heterocycles. The van der Waals surface area contributed by atoms with E-state index in [9.17, 15) is 4.79 Å². The predicted octanol–water partition coefficient (Wildman–Crippen LogP) is 4.92. The van der Waals surface area contributed by atoms with Gasteiger partial charge in [-0.25, -0.2) is 0 Å². The van der Waals surface area contributed by atoms with Gasteiger partial charge in [-0.2, -0.15) is 0 Å². The SMILES string of the molecule is COC1CCC2(CC1)Cc1ccc(CCc3ccccc3)cc1C21NC(=S)N(C(C)C)C1=O. The molecule has 4 nitrogen and oxygen atoms in total. The number of methoxy groups -OCH3 is 1. The first-order chi connectivity index (χ1) is 15.9. The monoisotopic (exact) mass is 462 g/mol. The molecule has 1 unspecified atom stereocenters. The highest BCUT2D eigenvalue weighted by atomic mass is 32.1. The minimum Gasteiger partial charge on any atom is -0.381 e. The summed E-state index contributed by atoms with van der Waals surface area (Å²) in [7, 11) is 1.80. The van der Waals surface area contributed by atoms with Gasteiger partial charge in [0.2, 0.25) is 0 Å². The summed E-state index contributed by atoms with van der Waals surface area (Å²) >= 11 is 5.75. The summed E-state index contributed by atoms with van der Waals surface area (Å²) in [5, 5.41) is 4.20. The standard InChI is InChI=1S/C28H34N2O2S/c1-19(2)30-25(31)28(29-26(30)33)24-17-21(10-9-20-7-5-4-6-8-20)11-12-22(24)18-27(28)15-13-23(32-3)14-16-27/h4-8,11-12,17,19,23H,9-10,13-16,18H2,1-3H3,(H,29,33). The smallest absolute Gasteiger partial charge is 0.259 e. The lowest BCUT2D eigenvalue weighted by atomic mass is 9.61. The van der Waals surface area contributed by atoms with Crippen molar-refractivity contribution in [3.05, 3.63) is 70.8 Å². The van der Waals surface area contributed by atoms with E-state index in [4.69, 9.17) is 17.0 Å². The maximum atomic E-state index is 14.2. The normalized spacial score (nSPS) is 28.7. The number of hydrogen-bond acceptors (Lipinski definition) is 3. The zero-order chi connectivity index (χ0) is 23.2. The van der Waals surface area contributed by atoms with Crippen LogP contribution in [0.15, 0.2) is 48.5 Å². The molecule has 1 amide bonds. The van der Waals surface area contributed by atoms with Crippen LogP contribution in [0.4, 0.5) is 0 Å². The van der Waals surface area contributed by atoms with Crippen LogP contribution in [-0.2, 0) is 34.3 Å². The highest BCUT2D eigenvalue weighted by Gasteiger charge is 2.67. The van der Waals surface area contributed by atoms with Gasteiger partial charge in [-0.1, -0.05) is 48.5 Å². The summed E-state index contributed by atoms with van der Waals surface area (Å²) in [5.41, 5.74) is 4.15. The number of benzene rings is 2. The Morgan fingerprint density at radius 2 is 1.79 bits per heavy atom. The molecule has 1 N–H and O–H groups in total. The maximum Gasteiger partial charge on any atom is 0.259 e. The molecule has 5 heteroatoms. The summed E-state index contributed by atoms with van der Waals surface area (Å²) in [6.07, 6.45) is 7.05. The van der Waals surface area contributed by atoms with Crippen LogP contribution in [0.25, 0.3) is 0 Å². The average molecular weight is 463 g/mol. The lowest BCUT2D eigenvalue weighted by molar-refractivity contribution is -0.139. The lowest BCUT2D eigenvalue weighted by Gasteiger charge is -2.46. The first kappa shape index (κ1) is 22.5. The number of thiocarbonyl (C=S) groups is 1. The van der Waals surface area contributed by atoms with Crippen molar-refractivity contribution >= 4 is 23.2 Å². The van der Waals surface area contributed by atoms with Crippen molar-refractivity contribution in [1.29, 1.82) is 0 Å². The molecule has 1 saturated carbocycles. The van der Waals surface area contributed by atoms with Crippen LogP contribution in [0.1, 0.15) is 61.8 Å². The molecular weight excluding hydrogens is 428 g/mol. The molecule has 5 rings (SSSR count). The fourth-order valence-electron chi connectivity index (χ4n) is 6.49. The third kappa shape index (κ3) is 3.52. The van der Waals surface area contributed by atoms with E-state index in [1.165, 1.54) is 16.7 Å². The van der Waals surface area contributed by atoms with Crippen molar-refractivity contribution in [3.63, 3.8) is 0 Å². The molecule has 1 aliphatic heterocycles. The highest BCUT2D eigenvalue weighted by molar-refractivity contribution is 7.80. The topological polar surface area (TPSA) is 41.6 Å². The predicted molar refractivity (Wildman–Crippen MR) is 135 cm³/mol. The third-order valence-corrected chi connectivity index (χ3v) is 8.54. The minimum atomic E-state index is -0.759. The van der Waals surface area contributed by atoms with Crippen molar-refractivity contribution in [3.8, 4) is 0 Å². The van der Waals surface area contributed by atoms with Crippen molar-refractivity contribution in [1.82, 2.24) is 10.2 Å². The number of hydrogen-bond donors (Lipinski definition) is 1. The molecule has 33 heavy (non-hydrogen) atoms. The summed E-state index contributed by atoms with van der Waals surface area (Å²) in [4.78, 5) is 16.0. The summed E-state index contributed by atoms with van der Waals surface area (Å²) in [5.74, 6) is 0.136. The number of nitrogens with one attached hydrogen (secondary N) is 1. The Labute approximate surface area is 202 Å². The summed E-state index contributed by atoms with van der Waals surface area (Å²) < 4.78 is 5.68. The Morgan fingerprint density at radius 3 is 2.42 bits per heavy atom. The quantitative estimate of drug-likeness (QED) is 0.640. The van der Waals surface area contributed by atoms with Crippen LogP contribution in [-0.4, -0.2) is 35.2 Å². The molecule has 2 spiro atoms. The maximum absolute atomic E-state index is 14.2. The van der Waals surface area contributed by atoms with Gasteiger partial charge >= 0.3 is 0 Å². The van der Waals surface area contributed by atoms with Crippen molar-refractivity contribution in [2.24, 2.45) is 5.41 Å². The first-order valence-corrected chi connectivity index (χ1v) is 12.7. The Hall–Kier alpha value is -2.24. The van der Waals surface area contributed by atoms with Crippen LogP contribution in [0, 0.1) is 5.41 Å². The van der Waals surface area contributed by atoms with Gasteiger partial charge in [0.1, 0.15) is 0 Å². The molecule has 3 aliphatic rings. The van der Waals surface area contributed by atoms with Crippen molar-refractivity contribution < 1.29 is 9.53 Å². The zero-order valence-electron chi connectivity index (χ0n) is 19.9. The Morgan fingerprint density at radius 1 is 1.09 bits per heavy atom. The highest BCUT2D eigenvalue weighted by Crippen LogP contribution is 2.60. The van der Waals surface area contributed by atoms with E-state index in [1.54, 1.807) is 7.11 Å². The van der Waals surface area contributed by atoms with Gasteiger partial charge in [-0.3, -0.25) is 9.69 Å². The lowest BCUT2D eigenvalue weighted by Crippen LogP contribution is -2.57. The number of amides is 1. The fourth-order valence-corrected chi connectivity index (χ4v) is 6.93. The molecule has 2 aromatic carbocycles. The van der Waals surface area contributed by atoms with Gasteiger partial charge in [0.15, 0.2) is 10.7 Å². The van der Waals surface area contributed by atoms with E-state index >= 15 is 0 Å². The average Bonchev–Trinajstić information content (AvgIpc) is 3.24. The number of carbonyl (C=O) groups excluding carboxylic acids is 1. The van der Waals surface area contributed by atoms with E-state index in [2.05, 4.69) is 53.8 Å². The minimum absolute atomic E-state index is 0.0366. The number of aryl methyl sites for hydroxylation is 2. The van der Waals surface area contributed by atoms with Crippen molar-refractivity contribution in [2.75, 3.05) is 7.11 Å². The van der Waals surface area contributed by atoms with Gasteiger partial charge in [0.25, 0.3) is 5.91 Å². The number of carbonyl (C=O) groups is 1. The molecule has 2 aliphatic carbocycles. The van der Waals surface area contributed by atoms with Crippen LogP contribution in [0.5, 0.6) is 0 Å². The third-order valence-electron chi connectivity index (χ3n) is 8.24. The molecule has 0 radical (unpaired) electrons. The van der Waals surface area contributed by atoms with Gasteiger partial charge in [0.05, 0.1) is 6.10 Å². The molecule has 2 aromatic rings. The fraction of sp³-hybridized carbons (Fsp3) is 0.500. The van der Waals surface area contributed by atoms with E-state index in [0.717, 1.165) is 50.5 Å². The Kier molecular flexibility index (Phi) is 5.82. The second kappa shape index (κ2) is 8.52. The molecule has 1 atom stereocenters. The van der Waals surface area contributed by atoms with E-state index in [1.807, 2.05) is 18.7 Å². The molecule has 1 heterocycles. The van der Waals surface area contributed by atoms with E-state index in [0.29, 0.717) is 5.11 Å². The van der Waals surface area contributed by atoms with Crippen LogP contribution in [0.2, 0.25) is 0 Å². The second-order valence-electron chi connectivity index (χ2n) is 10.3. The largest absolute Gasteiger partial charge is 0.381 e. The molecule has 0 bridgehead atoms. The summed E-state index contributed by atoms with van der Waals surface area (Å²) in [6.45, 7) is 4.09. The number of nitrogens with zero attached hydrogens (tertiary/aromatic N) is 1. The van der Waals surface area contributed by atoms with E-state index in [-0.39, 0.29) is 23.5 Å². The zero-order valence-corrected chi connectivity index (χ0v) is 20.7. The second-order valence-corrected chi connectivity index (χ2v) is 10.7. The van der Waals surface area contributed by atoms with Crippen LogP contribution in [0.3, 0.4) is 0 Å². The molecular formula is C28H34N2O2S. The first-order valence-electron chi connectivity index (χ1n) is 12.2. The van der Waals surface area contributed by atoms with Gasteiger partial charge < -0.3 is 10.1 Å². The number of ether oxygens (including phenoxy) is 1. The van der Waals surface area contributed by atoms with Gasteiger partial charge in [-0.15, -0.1) is 0 Å². The Balaban J connectivity index is 1.54. The van der Waals surface area contributed by atoms with Gasteiger partial charge in [-0.05, 0) is 93.3 Å². The number of rotatable bonds is 5. The molecule has 2 fully saturated rings. The van der Waals surface area contributed by atoms with Crippen LogP contribution < -0.4 is 5.32 Å². The molecule has 0 aromatic heterocycles. The summed E-state index contributed by atoms with van der Waals surface area (Å²) in [6, 6.07) is 17.5. The van der Waals surface area contributed by atoms with Crippen LogP contribution >= 0.6 is 12.2 Å².